The first kappa shape index (κ1) is 15.8. The normalized spacial score (nSPS) is 12.0. The minimum Gasteiger partial charge on any atom is -0.448 e. The van der Waals surface area contributed by atoms with Crippen LogP contribution in [0.1, 0.15) is 42.7 Å². The number of ether oxygens (including phenoxy) is 1. The molecule has 0 aliphatic rings. The Hall–Kier alpha value is -2.56. The maximum Gasteiger partial charge on any atom is 0.355 e. The molecule has 2 N–H and O–H groups in total. The summed E-state index contributed by atoms with van der Waals surface area (Å²) < 4.78 is 5.11. The van der Waals surface area contributed by atoms with Gasteiger partial charge in [-0.05, 0) is 42.7 Å². The highest BCUT2D eigenvalue weighted by molar-refractivity contribution is 5.96. The summed E-state index contributed by atoms with van der Waals surface area (Å²) in [5.74, 6) is -0.481. The molecular formula is C17H20N2O3. The predicted molar refractivity (Wildman–Crippen MR) is 84.8 cm³/mol. The fourth-order valence-corrected chi connectivity index (χ4v) is 1.93. The van der Waals surface area contributed by atoms with Crippen LogP contribution in [0, 0.1) is 0 Å². The molecule has 1 amide bonds. The van der Waals surface area contributed by atoms with Gasteiger partial charge in [0.05, 0.1) is 0 Å². The highest BCUT2D eigenvalue weighted by Gasteiger charge is 2.19. The number of anilines is 1. The van der Waals surface area contributed by atoms with Crippen LogP contribution in [0.4, 0.5) is 5.69 Å². The Morgan fingerprint density at radius 3 is 2.32 bits per heavy atom. The van der Waals surface area contributed by atoms with Crippen LogP contribution in [0.3, 0.4) is 0 Å². The van der Waals surface area contributed by atoms with Crippen LogP contribution in [0.25, 0.3) is 0 Å². The third-order valence-electron chi connectivity index (χ3n) is 3.32. The van der Waals surface area contributed by atoms with Gasteiger partial charge in [-0.1, -0.05) is 26.0 Å². The Morgan fingerprint density at radius 2 is 1.77 bits per heavy atom. The number of hydrogen-bond donors (Lipinski definition) is 2. The molecule has 0 spiro atoms. The zero-order chi connectivity index (χ0) is 16.1. The lowest BCUT2D eigenvalue weighted by Gasteiger charge is -2.13. The number of esters is 1. The molecule has 0 bridgehead atoms. The minimum absolute atomic E-state index is 0.320. The Labute approximate surface area is 129 Å². The first-order valence-electron chi connectivity index (χ1n) is 7.22. The number of benzene rings is 1. The van der Waals surface area contributed by atoms with Gasteiger partial charge in [-0.15, -0.1) is 0 Å². The van der Waals surface area contributed by atoms with E-state index >= 15 is 0 Å². The maximum absolute atomic E-state index is 12.0. The van der Waals surface area contributed by atoms with Crippen molar-refractivity contribution in [1.29, 1.82) is 0 Å². The van der Waals surface area contributed by atoms with Gasteiger partial charge in [0.2, 0.25) is 0 Å². The number of nitrogens with one attached hydrogen (secondary N) is 2. The van der Waals surface area contributed by atoms with Gasteiger partial charge < -0.3 is 15.0 Å². The lowest BCUT2D eigenvalue weighted by Crippen LogP contribution is -2.30. The van der Waals surface area contributed by atoms with E-state index in [1.165, 1.54) is 5.56 Å². The SMILES string of the molecule is CC(C)c1ccc(NC(=O)[C@H](C)OC(=O)c2ccc[nH]2)cc1. The number of carbonyl (C=O) groups is 2. The monoisotopic (exact) mass is 300 g/mol. The van der Waals surface area contributed by atoms with Gasteiger partial charge in [0.1, 0.15) is 5.69 Å². The number of carbonyl (C=O) groups excluding carboxylic acids is 2. The maximum atomic E-state index is 12.0. The van der Waals surface area contributed by atoms with Crippen molar-refractivity contribution in [2.75, 3.05) is 5.32 Å². The number of aromatic nitrogens is 1. The highest BCUT2D eigenvalue weighted by Crippen LogP contribution is 2.17. The molecule has 1 aromatic heterocycles. The lowest BCUT2D eigenvalue weighted by atomic mass is 10.0. The van der Waals surface area contributed by atoms with Crippen LogP contribution in [0.5, 0.6) is 0 Å². The van der Waals surface area contributed by atoms with Crippen molar-refractivity contribution < 1.29 is 14.3 Å². The molecule has 0 unspecified atom stereocenters. The Kier molecular flexibility index (Phi) is 4.99. The van der Waals surface area contributed by atoms with Gasteiger partial charge >= 0.3 is 5.97 Å². The van der Waals surface area contributed by atoms with Gasteiger partial charge in [0.25, 0.3) is 5.91 Å². The molecule has 5 nitrogen and oxygen atoms in total. The van der Waals surface area contributed by atoms with Crippen LogP contribution in [0.2, 0.25) is 0 Å². The molecular weight excluding hydrogens is 280 g/mol. The number of H-pyrrole nitrogens is 1. The average molecular weight is 300 g/mol. The molecule has 0 aliphatic heterocycles. The van der Waals surface area contributed by atoms with E-state index in [2.05, 4.69) is 24.1 Å². The van der Waals surface area contributed by atoms with Crippen molar-refractivity contribution in [3.05, 3.63) is 53.9 Å². The molecule has 1 heterocycles. The summed E-state index contributed by atoms with van der Waals surface area (Å²) in [4.78, 5) is 26.5. The third-order valence-corrected chi connectivity index (χ3v) is 3.32. The summed E-state index contributed by atoms with van der Waals surface area (Å²) in [6.07, 6.45) is 0.748. The molecule has 0 aliphatic carbocycles. The molecule has 0 saturated carbocycles. The summed E-state index contributed by atoms with van der Waals surface area (Å²) in [6.45, 7) is 5.75. The lowest BCUT2D eigenvalue weighted by molar-refractivity contribution is -0.123. The molecule has 2 aromatic rings. The second-order valence-corrected chi connectivity index (χ2v) is 5.40. The van der Waals surface area contributed by atoms with Crippen LogP contribution in [-0.4, -0.2) is 23.0 Å². The standard InChI is InChI=1S/C17H20N2O3/c1-11(2)13-6-8-14(9-7-13)19-16(20)12(3)22-17(21)15-5-4-10-18-15/h4-12,18H,1-3H3,(H,19,20)/t12-/m0/s1. The topological polar surface area (TPSA) is 71.2 Å². The fourth-order valence-electron chi connectivity index (χ4n) is 1.93. The fraction of sp³-hybridized carbons (Fsp3) is 0.294. The van der Waals surface area contributed by atoms with Crippen LogP contribution in [-0.2, 0) is 9.53 Å². The van der Waals surface area contributed by atoms with Crippen molar-refractivity contribution in [1.82, 2.24) is 4.98 Å². The molecule has 5 heteroatoms. The first-order chi connectivity index (χ1) is 10.5. The van der Waals surface area contributed by atoms with E-state index in [1.54, 1.807) is 25.3 Å². The van der Waals surface area contributed by atoms with E-state index in [0.717, 1.165) is 0 Å². The molecule has 2 rings (SSSR count). The second kappa shape index (κ2) is 6.93. The zero-order valence-corrected chi connectivity index (χ0v) is 12.9. The van der Waals surface area contributed by atoms with Crippen molar-refractivity contribution >= 4 is 17.6 Å². The number of amides is 1. The summed E-state index contributed by atoms with van der Waals surface area (Å²) in [7, 11) is 0. The largest absolute Gasteiger partial charge is 0.448 e. The van der Waals surface area contributed by atoms with Crippen molar-refractivity contribution in [2.45, 2.75) is 32.8 Å². The summed E-state index contributed by atoms with van der Waals surface area (Å²) in [5, 5.41) is 2.73. The number of rotatable bonds is 5. The molecule has 0 radical (unpaired) electrons. The van der Waals surface area contributed by atoms with Gasteiger partial charge in [-0.3, -0.25) is 4.79 Å². The van der Waals surface area contributed by atoms with Crippen LogP contribution < -0.4 is 5.32 Å². The van der Waals surface area contributed by atoms with Crippen LogP contribution in [0.15, 0.2) is 42.6 Å². The second-order valence-electron chi connectivity index (χ2n) is 5.40. The Balaban J connectivity index is 1.92. The Bertz CT molecular complexity index is 630. The van der Waals surface area contributed by atoms with E-state index in [9.17, 15) is 9.59 Å². The van der Waals surface area contributed by atoms with Crippen molar-refractivity contribution in [3.63, 3.8) is 0 Å². The van der Waals surface area contributed by atoms with E-state index in [-0.39, 0.29) is 5.91 Å². The van der Waals surface area contributed by atoms with Gasteiger partial charge in [-0.25, -0.2) is 4.79 Å². The number of aromatic amines is 1. The van der Waals surface area contributed by atoms with Gasteiger partial charge in [0.15, 0.2) is 6.10 Å². The molecule has 0 saturated heterocycles. The molecule has 1 aromatic carbocycles. The van der Waals surface area contributed by atoms with E-state index < -0.39 is 12.1 Å². The predicted octanol–water partition coefficient (Wildman–Crippen LogP) is 3.32. The van der Waals surface area contributed by atoms with Gasteiger partial charge in [0, 0.05) is 11.9 Å². The first-order valence-corrected chi connectivity index (χ1v) is 7.22. The molecule has 116 valence electrons. The quantitative estimate of drug-likeness (QED) is 0.832. The van der Waals surface area contributed by atoms with E-state index in [4.69, 9.17) is 4.74 Å². The zero-order valence-electron chi connectivity index (χ0n) is 12.9. The smallest absolute Gasteiger partial charge is 0.355 e. The van der Waals surface area contributed by atoms with Gasteiger partial charge in [-0.2, -0.15) is 0 Å². The third kappa shape index (κ3) is 3.97. The van der Waals surface area contributed by atoms with E-state index in [1.807, 2.05) is 24.3 Å². The van der Waals surface area contributed by atoms with Crippen molar-refractivity contribution in [2.24, 2.45) is 0 Å². The average Bonchev–Trinajstić information content (AvgIpc) is 3.02. The summed E-state index contributed by atoms with van der Waals surface area (Å²) in [6, 6.07) is 10.9. The summed E-state index contributed by atoms with van der Waals surface area (Å²) in [5.41, 5.74) is 2.20. The van der Waals surface area contributed by atoms with E-state index in [0.29, 0.717) is 17.3 Å². The van der Waals surface area contributed by atoms with Crippen LogP contribution >= 0.6 is 0 Å². The number of hydrogen-bond acceptors (Lipinski definition) is 3. The molecule has 1 atom stereocenters. The Morgan fingerprint density at radius 1 is 1.09 bits per heavy atom. The molecule has 0 fully saturated rings. The van der Waals surface area contributed by atoms with Crippen molar-refractivity contribution in [3.8, 4) is 0 Å². The highest BCUT2D eigenvalue weighted by atomic mass is 16.5. The summed E-state index contributed by atoms with van der Waals surface area (Å²) >= 11 is 0. The minimum atomic E-state index is -0.874. The molecule has 22 heavy (non-hydrogen) atoms.